The summed E-state index contributed by atoms with van der Waals surface area (Å²) < 4.78 is 4.44. The number of alkyl halides is 1. The Balaban J connectivity index is 2.63. The molecule has 0 atom stereocenters. The van der Waals surface area contributed by atoms with Gasteiger partial charge in [0.1, 0.15) is 0 Å². The number of halogens is 1. The third-order valence-electron chi connectivity index (χ3n) is 0.212. The standard InChI is InChI=1S/CH4BIO3/c3-1-6-2(4)5/h4-5H,1H2. The Morgan fingerprint density at radius 3 is 2.17 bits per heavy atom. The van der Waals surface area contributed by atoms with Gasteiger partial charge in [-0.15, -0.1) is 0 Å². The molecule has 0 aliphatic heterocycles. The zero-order chi connectivity index (χ0) is 4.99. The summed E-state index contributed by atoms with van der Waals surface area (Å²) in [5, 5.41) is 15.8. The highest BCUT2D eigenvalue weighted by molar-refractivity contribution is 14.1. The summed E-state index contributed by atoms with van der Waals surface area (Å²) in [7, 11) is -1.61. The first kappa shape index (κ1) is 6.67. The maximum Gasteiger partial charge on any atom is 0.634 e. The summed E-state index contributed by atoms with van der Waals surface area (Å²) in [6.45, 7) is 0. The molecule has 0 radical (unpaired) electrons. The van der Waals surface area contributed by atoms with Gasteiger partial charge < -0.3 is 14.7 Å². The SMILES string of the molecule is OB(O)OCI. The van der Waals surface area contributed by atoms with Crippen LogP contribution in [0.25, 0.3) is 0 Å². The molecule has 0 saturated heterocycles. The average Bonchev–Trinajstić information content (AvgIpc) is 1.35. The molecule has 0 unspecified atom stereocenters. The highest BCUT2D eigenvalue weighted by atomic mass is 127. The van der Waals surface area contributed by atoms with Crippen molar-refractivity contribution in [3.8, 4) is 0 Å². The first-order chi connectivity index (χ1) is 2.77. The largest absolute Gasteiger partial charge is 0.634 e. The molecule has 0 aromatic carbocycles. The molecule has 6 heavy (non-hydrogen) atoms. The minimum absolute atomic E-state index is 0.301. The van der Waals surface area contributed by atoms with Gasteiger partial charge in [0.2, 0.25) is 0 Å². The second-order valence-electron chi connectivity index (χ2n) is 0.602. The van der Waals surface area contributed by atoms with Crippen LogP contribution in [-0.2, 0) is 4.65 Å². The molecule has 5 heteroatoms. The second kappa shape index (κ2) is 3.85. The summed E-state index contributed by atoms with van der Waals surface area (Å²) in [5.74, 6) is 0. The fourth-order valence-corrected chi connectivity index (χ4v) is 0.378. The lowest BCUT2D eigenvalue weighted by molar-refractivity contribution is 0.225. The summed E-state index contributed by atoms with van der Waals surface area (Å²) in [5.41, 5.74) is 0. The van der Waals surface area contributed by atoms with Crippen molar-refractivity contribution in [2.45, 2.75) is 0 Å². The van der Waals surface area contributed by atoms with Gasteiger partial charge in [0, 0.05) is 0 Å². The van der Waals surface area contributed by atoms with E-state index in [0.29, 0.717) is 4.61 Å². The van der Waals surface area contributed by atoms with E-state index in [1.807, 2.05) is 22.6 Å². The van der Waals surface area contributed by atoms with Gasteiger partial charge >= 0.3 is 7.32 Å². The Bertz CT molecular complexity index is 32.0. The zero-order valence-electron chi connectivity index (χ0n) is 2.97. The van der Waals surface area contributed by atoms with E-state index in [1.165, 1.54) is 0 Å². The van der Waals surface area contributed by atoms with Gasteiger partial charge in [-0.3, -0.25) is 0 Å². The summed E-state index contributed by atoms with van der Waals surface area (Å²) in [4.78, 5) is 0. The molecule has 0 aliphatic carbocycles. The fourth-order valence-electron chi connectivity index (χ4n) is 0.0563. The van der Waals surface area contributed by atoms with E-state index in [4.69, 9.17) is 10.0 Å². The molecule has 3 nitrogen and oxygen atoms in total. The van der Waals surface area contributed by atoms with Crippen molar-refractivity contribution in [2.75, 3.05) is 4.61 Å². The molecule has 0 amide bonds. The van der Waals surface area contributed by atoms with Crippen LogP contribution in [0, 0.1) is 0 Å². The first-order valence-electron chi connectivity index (χ1n) is 1.31. The van der Waals surface area contributed by atoms with Crippen molar-refractivity contribution in [1.29, 1.82) is 0 Å². The van der Waals surface area contributed by atoms with Crippen LogP contribution in [0.1, 0.15) is 0 Å². The van der Waals surface area contributed by atoms with Crippen molar-refractivity contribution in [1.82, 2.24) is 0 Å². The third kappa shape index (κ3) is 4.67. The minimum Gasteiger partial charge on any atom is -0.402 e. The smallest absolute Gasteiger partial charge is 0.402 e. The lowest BCUT2D eigenvalue weighted by Crippen LogP contribution is -2.14. The maximum absolute atomic E-state index is 7.88. The highest BCUT2D eigenvalue weighted by Gasteiger charge is 2.04. The van der Waals surface area contributed by atoms with Crippen LogP contribution in [0.5, 0.6) is 0 Å². The summed E-state index contributed by atoms with van der Waals surface area (Å²) >= 11 is 1.86. The van der Waals surface area contributed by atoms with Crippen LogP contribution in [0.15, 0.2) is 0 Å². The summed E-state index contributed by atoms with van der Waals surface area (Å²) in [6, 6.07) is 0. The second-order valence-corrected chi connectivity index (χ2v) is 1.22. The number of hydrogen-bond acceptors (Lipinski definition) is 3. The molecule has 0 rings (SSSR count). The van der Waals surface area contributed by atoms with Crippen LogP contribution >= 0.6 is 22.6 Å². The van der Waals surface area contributed by atoms with E-state index in [1.54, 1.807) is 0 Å². The molecule has 0 saturated carbocycles. The summed E-state index contributed by atoms with van der Waals surface area (Å²) in [6.07, 6.45) is 0. The van der Waals surface area contributed by atoms with Gasteiger partial charge in [-0.05, 0) is 0 Å². The van der Waals surface area contributed by atoms with E-state index in [0.717, 1.165) is 0 Å². The molecule has 0 aromatic heterocycles. The Morgan fingerprint density at radius 1 is 1.67 bits per heavy atom. The Morgan fingerprint density at radius 2 is 2.17 bits per heavy atom. The van der Waals surface area contributed by atoms with Crippen LogP contribution in [0.3, 0.4) is 0 Å². The Kier molecular flexibility index (Phi) is 4.28. The van der Waals surface area contributed by atoms with Crippen molar-refractivity contribution >= 4 is 29.9 Å². The predicted molar refractivity (Wildman–Crippen MR) is 30.2 cm³/mol. The van der Waals surface area contributed by atoms with Gasteiger partial charge in [-0.25, -0.2) is 0 Å². The van der Waals surface area contributed by atoms with Crippen LogP contribution < -0.4 is 0 Å². The van der Waals surface area contributed by atoms with E-state index in [2.05, 4.69) is 4.65 Å². The third-order valence-corrected chi connectivity index (χ3v) is 0.572. The van der Waals surface area contributed by atoms with Gasteiger partial charge in [0.05, 0.1) is 4.61 Å². The molecule has 2 N–H and O–H groups in total. The molecule has 0 aliphatic rings. The molecule has 0 bridgehead atoms. The van der Waals surface area contributed by atoms with E-state index in [-0.39, 0.29) is 0 Å². The van der Waals surface area contributed by atoms with Crippen molar-refractivity contribution in [2.24, 2.45) is 0 Å². The molecular weight excluding hydrogens is 198 g/mol. The lowest BCUT2D eigenvalue weighted by Gasteiger charge is -1.90. The van der Waals surface area contributed by atoms with Crippen molar-refractivity contribution < 1.29 is 14.7 Å². The Labute approximate surface area is 49.6 Å². The molecule has 0 aromatic rings. The Hall–Kier alpha value is 0.675. The normalized spacial score (nSPS) is 8.50. The van der Waals surface area contributed by atoms with Gasteiger partial charge in [0.15, 0.2) is 0 Å². The number of rotatable bonds is 2. The highest BCUT2D eigenvalue weighted by Crippen LogP contribution is 1.81. The lowest BCUT2D eigenvalue weighted by atomic mass is 10.3. The van der Waals surface area contributed by atoms with Gasteiger partial charge in [-0.1, -0.05) is 22.6 Å². The zero-order valence-corrected chi connectivity index (χ0v) is 5.12. The maximum atomic E-state index is 7.88. The molecule has 0 spiro atoms. The first-order valence-corrected chi connectivity index (χ1v) is 2.83. The monoisotopic (exact) mass is 202 g/mol. The quantitative estimate of drug-likeness (QED) is 0.355. The van der Waals surface area contributed by atoms with Crippen molar-refractivity contribution in [3.05, 3.63) is 0 Å². The van der Waals surface area contributed by atoms with Crippen LogP contribution in [-0.4, -0.2) is 22.0 Å². The molecular formula is CH4BIO3. The fraction of sp³-hybridized carbons (Fsp3) is 1.00. The van der Waals surface area contributed by atoms with Crippen LogP contribution in [0.4, 0.5) is 0 Å². The molecule has 0 heterocycles. The molecule has 36 valence electrons. The average molecular weight is 202 g/mol. The topological polar surface area (TPSA) is 49.7 Å². The predicted octanol–water partition coefficient (Wildman–Crippen LogP) is -0.635. The van der Waals surface area contributed by atoms with Gasteiger partial charge in [-0.2, -0.15) is 0 Å². The van der Waals surface area contributed by atoms with E-state index >= 15 is 0 Å². The van der Waals surface area contributed by atoms with Crippen molar-refractivity contribution in [3.63, 3.8) is 0 Å². The van der Waals surface area contributed by atoms with Crippen LogP contribution in [0.2, 0.25) is 0 Å². The molecule has 0 fully saturated rings. The van der Waals surface area contributed by atoms with E-state index < -0.39 is 7.32 Å². The minimum atomic E-state index is -1.61. The number of hydrogen-bond donors (Lipinski definition) is 2. The van der Waals surface area contributed by atoms with E-state index in [9.17, 15) is 0 Å². The van der Waals surface area contributed by atoms with Gasteiger partial charge in [0.25, 0.3) is 0 Å².